The number of aliphatic hydroxyl groups excluding tert-OH is 1. The molecule has 2 aromatic carbocycles. The normalized spacial score (nSPS) is 12.3. The Morgan fingerprint density at radius 2 is 1.91 bits per heavy atom. The molecule has 0 bridgehead atoms. The average molecular weight is 310 g/mol. The van der Waals surface area contributed by atoms with Crippen molar-refractivity contribution in [3.8, 4) is 5.75 Å². The van der Waals surface area contributed by atoms with Crippen molar-refractivity contribution in [2.45, 2.75) is 19.6 Å². The van der Waals surface area contributed by atoms with Gasteiger partial charge in [0.05, 0.1) is 31.3 Å². The summed E-state index contributed by atoms with van der Waals surface area (Å²) in [4.78, 5) is 12.6. The van der Waals surface area contributed by atoms with Crippen LogP contribution in [-0.2, 0) is 6.54 Å². The molecule has 1 unspecified atom stereocenters. The maximum Gasteiger partial charge on any atom is 0.274 e. The van der Waals surface area contributed by atoms with Crippen molar-refractivity contribution in [2.75, 3.05) is 7.11 Å². The number of aromatic nitrogens is 2. The molecular formula is C18H18N2O3. The topological polar surface area (TPSA) is 64.3 Å². The number of hydrogen-bond acceptors (Lipinski definition) is 4. The number of nitrogens with zero attached hydrogens (tertiary/aromatic N) is 2. The van der Waals surface area contributed by atoms with Crippen LogP contribution >= 0.6 is 0 Å². The first kappa shape index (κ1) is 15.2. The van der Waals surface area contributed by atoms with E-state index < -0.39 is 6.10 Å². The Bertz CT molecular complexity index is 883. The largest absolute Gasteiger partial charge is 0.497 e. The highest BCUT2D eigenvalue weighted by Gasteiger charge is 2.11. The van der Waals surface area contributed by atoms with Crippen molar-refractivity contribution >= 4 is 10.8 Å². The molecule has 0 saturated carbocycles. The summed E-state index contributed by atoms with van der Waals surface area (Å²) >= 11 is 0. The first-order chi connectivity index (χ1) is 11.1. The maximum absolute atomic E-state index is 12.6. The van der Waals surface area contributed by atoms with Crippen LogP contribution in [0.5, 0.6) is 5.75 Å². The number of methoxy groups -OCH3 is 1. The number of fused-ring (bicyclic) bond motifs is 1. The fourth-order valence-electron chi connectivity index (χ4n) is 2.61. The van der Waals surface area contributed by atoms with E-state index in [2.05, 4.69) is 5.10 Å². The Kier molecular flexibility index (Phi) is 4.12. The predicted molar refractivity (Wildman–Crippen MR) is 88.7 cm³/mol. The van der Waals surface area contributed by atoms with E-state index in [1.807, 2.05) is 30.3 Å². The van der Waals surface area contributed by atoms with Crippen molar-refractivity contribution < 1.29 is 9.84 Å². The highest BCUT2D eigenvalue weighted by atomic mass is 16.5. The van der Waals surface area contributed by atoms with E-state index in [4.69, 9.17) is 4.74 Å². The van der Waals surface area contributed by atoms with E-state index in [-0.39, 0.29) is 5.56 Å². The molecular weight excluding hydrogens is 292 g/mol. The van der Waals surface area contributed by atoms with Crippen molar-refractivity contribution in [3.05, 3.63) is 70.1 Å². The van der Waals surface area contributed by atoms with E-state index >= 15 is 0 Å². The minimum atomic E-state index is -0.641. The first-order valence-corrected chi connectivity index (χ1v) is 7.40. The third-order valence-corrected chi connectivity index (χ3v) is 3.87. The van der Waals surface area contributed by atoms with E-state index in [0.717, 1.165) is 11.3 Å². The number of benzene rings is 2. The number of aliphatic hydroxyl groups is 1. The molecule has 3 rings (SSSR count). The van der Waals surface area contributed by atoms with Crippen LogP contribution in [0.2, 0.25) is 0 Å². The monoisotopic (exact) mass is 310 g/mol. The van der Waals surface area contributed by atoms with Crippen LogP contribution in [0.3, 0.4) is 0 Å². The summed E-state index contributed by atoms with van der Waals surface area (Å²) in [5.41, 5.74) is 1.51. The number of hydrogen-bond donors (Lipinski definition) is 1. The summed E-state index contributed by atoms with van der Waals surface area (Å²) in [5.74, 6) is 0.772. The van der Waals surface area contributed by atoms with Crippen LogP contribution in [0.4, 0.5) is 0 Å². The van der Waals surface area contributed by atoms with Gasteiger partial charge in [0.2, 0.25) is 0 Å². The van der Waals surface area contributed by atoms with Gasteiger partial charge in [0.25, 0.3) is 5.56 Å². The molecule has 0 aliphatic heterocycles. The van der Waals surface area contributed by atoms with Crippen LogP contribution in [-0.4, -0.2) is 22.0 Å². The summed E-state index contributed by atoms with van der Waals surface area (Å²) in [6.07, 6.45) is 1.000. The Balaban J connectivity index is 2.02. The second-order valence-electron chi connectivity index (χ2n) is 5.44. The summed E-state index contributed by atoms with van der Waals surface area (Å²) < 4.78 is 6.56. The van der Waals surface area contributed by atoms with Crippen molar-refractivity contribution in [2.24, 2.45) is 0 Å². The first-order valence-electron chi connectivity index (χ1n) is 7.40. The Labute approximate surface area is 133 Å². The lowest BCUT2D eigenvalue weighted by molar-refractivity contribution is 0.201. The molecule has 1 N–H and O–H groups in total. The fourth-order valence-corrected chi connectivity index (χ4v) is 2.61. The molecule has 0 aliphatic carbocycles. The Hall–Kier alpha value is -2.66. The van der Waals surface area contributed by atoms with E-state index in [1.54, 1.807) is 32.4 Å². The third kappa shape index (κ3) is 2.96. The zero-order valence-electron chi connectivity index (χ0n) is 13.1. The molecule has 23 heavy (non-hydrogen) atoms. The number of rotatable bonds is 4. The van der Waals surface area contributed by atoms with Gasteiger partial charge >= 0.3 is 0 Å². The summed E-state index contributed by atoms with van der Waals surface area (Å²) in [5, 5.41) is 15.3. The van der Waals surface area contributed by atoms with E-state index in [0.29, 0.717) is 22.9 Å². The van der Waals surface area contributed by atoms with Crippen LogP contribution in [0.1, 0.15) is 24.2 Å². The molecule has 1 aromatic heterocycles. The minimum Gasteiger partial charge on any atom is -0.497 e. The molecule has 0 fully saturated rings. The molecule has 5 nitrogen and oxygen atoms in total. The molecule has 0 aliphatic rings. The zero-order chi connectivity index (χ0) is 16.4. The lowest BCUT2D eigenvalue weighted by Gasteiger charge is -2.11. The van der Waals surface area contributed by atoms with Gasteiger partial charge in [-0.2, -0.15) is 5.10 Å². The lowest BCUT2D eigenvalue weighted by atomic mass is 10.0. The number of ether oxygens (including phenoxy) is 1. The van der Waals surface area contributed by atoms with Gasteiger partial charge < -0.3 is 9.84 Å². The summed E-state index contributed by atoms with van der Waals surface area (Å²) in [7, 11) is 1.62. The van der Waals surface area contributed by atoms with E-state index in [9.17, 15) is 9.90 Å². The van der Waals surface area contributed by atoms with Gasteiger partial charge in [0.1, 0.15) is 5.75 Å². The molecule has 0 saturated heterocycles. The summed E-state index contributed by atoms with van der Waals surface area (Å²) in [6, 6.07) is 12.9. The van der Waals surface area contributed by atoms with Crippen molar-refractivity contribution in [1.29, 1.82) is 0 Å². The van der Waals surface area contributed by atoms with Gasteiger partial charge in [0, 0.05) is 5.39 Å². The van der Waals surface area contributed by atoms with Crippen LogP contribution in [0.15, 0.2) is 53.5 Å². The van der Waals surface area contributed by atoms with Crippen LogP contribution < -0.4 is 10.3 Å². The second-order valence-corrected chi connectivity index (χ2v) is 5.44. The molecule has 0 radical (unpaired) electrons. The van der Waals surface area contributed by atoms with Crippen LogP contribution in [0.25, 0.3) is 10.8 Å². The van der Waals surface area contributed by atoms with Gasteiger partial charge in [-0.05, 0) is 36.2 Å². The predicted octanol–water partition coefficient (Wildman–Crippen LogP) is 2.51. The van der Waals surface area contributed by atoms with Crippen molar-refractivity contribution in [3.63, 3.8) is 0 Å². The molecule has 0 amide bonds. The van der Waals surface area contributed by atoms with Gasteiger partial charge in [-0.25, -0.2) is 4.68 Å². The van der Waals surface area contributed by atoms with Gasteiger partial charge in [-0.15, -0.1) is 0 Å². The quantitative estimate of drug-likeness (QED) is 0.804. The minimum absolute atomic E-state index is 0.166. The van der Waals surface area contributed by atoms with Gasteiger partial charge in [0.15, 0.2) is 0 Å². The van der Waals surface area contributed by atoms with E-state index in [1.165, 1.54) is 4.68 Å². The Morgan fingerprint density at radius 3 is 2.57 bits per heavy atom. The highest BCUT2D eigenvalue weighted by Crippen LogP contribution is 2.21. The Morgan fingerprint density at radius 1 is 1.17 bits per heavy atom. The standard InChI is InChI=1S/C18H18N2O3/c1-12(21)15-4-3-5-16-17(15)10-19-20(18(16)22)11-13-6-8-14(23-2)9-7-13/h3-10,12,21H,11H2,1-2H3. The lowest BCUT2D eigenvalue weighted by Crippen LogP contribution is -2.23. The fraction of sp³-hybridized carbons (Fsp3) is 0.222. The van der Waals surface area contributed by atoms with Crippen LogP contribution in [0, 0.1) is 0 Å². The molecule has 118 valence electrons. The molecule has 1 heterocycles. The van der Waals surface area contributed by atoms with Gasteiger partial charge in [-0.3, -0.25) is 4.79 Å². The highest BCUT2D eigenvalue weighted by molar-refractivity contribution is 5.84. The molecule has 3 aromatic rings. The smallest absolute Gasteiger partial charge is 0.274 e. The second kappa shape index (κ2) is 6.22. The maximum atomic E-state index is 12.6. The zero-order valence-corrected chi connectivity index (χ0v) is 13.1. The summed E-state index contributed by atoms with van der Waals surface area (Å²) in [6.45, 7) is 2.06. The molecule has 0 spiro atoms. The average Bonchev–Trinajstić information content (AvgIpc) is 2.57. The molecule has 5 heteroatoms. The third-order valence-electron chi connectivity index (χ3n) is 3.87. The molecule has 1 atom stereocenters. The van der Waals surface area contributed by atoms with Crippen molar-refractivity contribution in [1.82, 2.24) is 9.78 Å². The van der Waals surface area contributed by atoms with Gasteiger partial charge in [-0.1, -0.05) is 24.3 Å². The SMILES string of the molecule is COc1ccc(Cn2ncc3c(C(C)O)cccc3c2=O)cc1.